The highest BCUT2D eigenvalue weighted by molar-refractivity contribution is 6.31. The van der Waals surface area contributed by atoms with Gasteiger partial charge >= 0.3 is 0 Å². The fourth-order valence-electron chi connectivity index (χ4n) is 10.1. The molecule has 15 heteroatoms. The van der Waals surface area contributed by atoms with Gasteiger partial charge in [0.05, 0.1) is 27.4 Å². The molecule has 5 amide bonds. The first-order valence-corrected chi connectivity index (χ1v) is 20.5. The fraction of sp³-hybridized carbons (Fsp3) is 0.455. The Kier molecular flexibility index (Phi) is 10.4. The molecule has 4 aliphatic heterocycles. The number of imide groups is 2. The lowest BCUT2D eigenvalue weighted by Gasteiger charge is -2.63. The molecule has 3 saturated heterocycles. The molecule has 4 fully saturated rings. The van der Waals surface area contributed by atoms with Crippen molar-refractivity contribution in [2.75, 3.05) is 55.6 Å². The van der Waals surface area contributed by atoms with Crippen LogP contribution in [-0.4, -0.2) is 103 Å². The summed E-state index contributed by atoms with van der Waals surface area (Å²) < 4.78 is 21.9. The zero-order chi connectivity index (χ0) is 42.0. The number of nitrogens with one attached hydrogen (secondary N) is 2. The summed E-state index contributed by atoms with van der Waals surface area (Å²) in [5.74, 6) is -2.40. The number of piperidine rings is 1. The van der Waals surface area contributed by atoms with Gasteiger partial charge in [-0.3, -0.25) is 39.1 Å². The van der Waals surface area contributed by atoms with Gasteiger partial charge in [-0.1, -0.05) is 39.3 Å². The van der Waals surface area contributed by atoms with Crippen LogP contribution in [0.4, 0.5) is 15.8 Å². The van der Waals surface area contributed by atoms with Crippen LogP contribution in [0.3, 0.4) is 0 Å². The van der Waals surface area contributed by atoms with Crippen LogP contribution in [0.5, 0.6) is 5.75 Å². The minimum Gasteiger partial charge on any atom is -0.489 e. The van der Waals surface area contributed by atoms with Crippen LogP contribution in [0.25, 0.3) is 0 Å². The molecule has 0 unspecified atom stereocenters. The van der Waals surface area contributed by atoms with Gasteiger partial charge < -0.3 is 19.9 Å². The minimum atomic E-state index is -1.10. The van der Waals surface area contributed by atoms with E-state index in [0.717, 1.165) is 55.8 Å². The second-order valence-electron chi connectivity index (χ2n) is 17.5. The molecule has 8 rings (SSSR count). The number of carbonyl (C=O) groups is 5. The third-order valence-electron chi connectivity index (χ3n) is 12.9. The van der Waals surface area contributed by atoms with Crippen LogP contribution in [0, 0.1) is 33.9 Å². The molecule has 3 aromatic rings. The zero-order valence-corrected chi connectivity index (χ0v) is 34.3. The lowest BCUT2D eigenvalue weighted by molar-refractivity contribution is -0.164. The molecule has 4 heterocycles. The first-order chi connectivity index (χ1) is 28.1. The van der Waals surface area contributed by atoms with E-state index in [2.05, 4.69) is 54.2 Å². The largest absolute Gasteiger partial charge is 0.489 e. The normalized spacial score (nSPS) is 25.0. The summed E-state index contributed by atoms with van der Waals surface area (Å²) in [5.41, 5.74) is 1.53. The topological polar surface area (TPSA) is 155 Å². The second-order valence-corrected chi connectivity index (χ2v) is 17.9. The SMILES string of the molecule is CC1(C)C(NC(=O)c2ccc(N3CCN(C[C@@H]4CCN(c5cc6c(cc5F)C(=O)N([C@H]5CCC(=O)NC5=O)C6=O)C4)CC3)cc2)C(C)(C)C1Oc1ccc(C#N)c(Cl)c1. The van der Waals surface area contributed by atoms with E-state index < -0.39 is 35.5 Å². The van der Waals surface area contributed by atoms with Crippen molar-refractivity contribution in [1.82, 2.24) is 20.4 Å². The molecule has 1 aliphatic carbocycles. The Morgan fingerprint density at radius 1 is 0.915 bits per heavy atom. The highest BCUT2D eigenvalue weighted by Gasteiger charge is 2.64. The van der Waals surface area contributed by atoms with Gasteiger partial charge in [-0.25, -0.2) is 4.39 Å². The zero-order valence-electron chi connectivity index (χ0n) is 33.5. The van der Waals surface area contributed by atoms with Gasteiger partial charge in [0.1, 0.15) is 29.8 Å². The maximum absolute atomic E-state index is 15.5. The Balaban J connectivity index is 0.818. The third-order valence-corrected chi connectivity index (χ3v) is 13.3. The van der Waals surface area contributed by atoms with E-state index in [9.17, 15) is 29.2 Å². The number of piperazine rings is 1. The molecule has 2 N–H and O–H groups in total. The summed E-state index contributed by atoms with van der Waals surface area (Å²) in [5, 5.41) is 15.0. The van der Waals surface area contributed by atoms with Gasteiger partial charge in [-0.05, 0) is 67.3 Å². The first-order valence-electron chi connectivity index (χ1n) is 20.1. The third kappa shape index (κ3) is 7.29. The molecule has 0 radical (unpaired) electrons. The number of nitrogens with zero attached hydrogens (tertiary/aromatic N) is 5. The van der Waals surface area contributed by atoms with E-state index >= 15 is 4.39 Å². The minimum absolute atomic E-state index is 0.0131. The molecule has 1 saturated carbocycles. The van der Waals surface area contributed by atoms with Gasteiger partial charge in [-0.2, -0.15) is 5.26 Å². The Morgan fingerprint density at radius 2 is 1.59 bits per heavy atom. The number of anilines is 2. The Bertz CT molecular complexity index is 2270. The second kappa shape index (κ2) is 15.3. The molecule has 0 spiro atoms. The summed E-state index contributed by atoms with van der Waals surface area (Å²) >= 11 is 6.24. The van der Waals surface area contributed by atoms with Crippen LogP contribution >= 0.6 is 11.6 Å². The number of rotatable bonds is 9. The average Bonchev–Trinajstić information content (AvgIpc) is 3.76. The van der Waals surface area contributed by atoms with Crippen molar-refractivity contribution in [1.29, 1.82) is 5.26 Å². The molecular weight excluding hydrogens is 777 g/mol. The number of ether oxygens (including phenoxy) is 1. The van der Waals surface area contributed by atoms with Crippen molar-refractivity contribution in [3.63, 3.8) is 0 Å². The van der Waals surface area contributed by atoms with E-state index in [1.807, 2.05) is 29.2 Å². The number of amides is 5. The fourth-order valence-corrected chi connectivity index (χ4v) is 10.3. The maximum atomic E-state index is 15.5. The smallest absolute Gasteiger partial charge is 0.262 e. The van der Waals surface area contributed by atoms with E-state index in [4.69, 9.17) is 16.3 Å². The number of hydrogen-bond acceptors (Lipinski definition) is 10. The Labute approximate surface area is 347 Å². The summed E-state index contributed by atoms with van der Waals surface area (Å²) in [7, 11) is 0. The number of halogens is 2. The lowest BCUT2D eigenvalue weighted by Crippen LogP contribution is -2.74. The van der Waals surface area contributed by atoms with Gasteiger partial charge in [0.15, 0.2) is 0 Å². The standard InChI is InChI=1S/C44H47ClFN7O6/c1-43(2)41(44(3,4)42(43)59-29-10-7-27(22-47)32(45)19-29)49-37(55)26-5-8-28(9-6-26)51-17-15-50(16-18-51)23-25-13-14-52(24-25)35-21-31-30(20-33(35)46)39(57)53(40(31)58)34-11-12-36(54)48-38(34)56/h5-10,19-21,25,34,41-42H,11-18,23-24H2,1-4H3,(H,49,55)(H,48,54,56)/t25-,34-,41?,42?/m0/s1. The molecule has 5 aliphatic rings. The van der Waals surface area contributed by atoms with E-state index in [0.29, 0.717) is 35.0 Å². The molecule has 2 atom stereocenters. The van der Waals surface area contributed by atoms with Crippen molar-refractivity contribution in [3.8, 4) is 11.8 Å². The summed E-state index contributed by atoms with van der Waals surface area (Å²) in [6.45, 7) is 13.7. The predicted octanol–water partition coefficient (Wildman–Crippen LogP) is 5.01. The first kappa shape index (κ1) is 40.3. The Morgan fingerprint density at radius 3 is 2.24 bits per heavy atom. The molecule has 3 aromatic carbocycles. The van der Waals surface area contributed by atoms with Crippen molar-refractivity contribution in [3.05, 3.63) is 87.7 Å². The van der Waals surface area contributed by atoms with E-state index in [1.54, 1.807) is 18.2 Å². The average molecular weight is 824 g/mol. The predicted molar refractivity (Wildman–Crippen MR) is 218 cm³/mol. The van der Waals surface area contributed by atoms with Crippen LogP contribution in [0.2, 0.25) is 5.02 Å². The molecule has 13 nitrogen and oxygen atoms in total. The van der Waals surface area contributed by atoms with Gasteiger partial charge in [0.25, 0.3) is 17.7 Å². The van der Waals surface area contributed by atoms with Gasteiger partial charge in [-0.15, -0.1) is 0 Å². The van der Waals surface area contributed by atoms with Gasteiger partial charge in [0, 0.05) is 86.4 Å². The van der Waals surface area contributed by atoms with Crippen molar-refractivity contribution in [2.24, 2.45) is 16.7 Å². The van der Waals surface area contributed by atoms with Crippen LogP contribution < -0.4 is 25.2 Å². The number of hydrogen-bond donors (Lipinski definition) is 2. The monoisotopic (exact) mass is 823 g/mol. The summed E-state index contributed by atoms with van der Waals surface area (Å²) in [4.78, 5) is 71.6. The number of benzene rings is 3. The van der Waals surface area contributed by atoms with Crippen LogP contribution in [0.1, 0.15) is 83.6 Å². The molecule has 59 heavy (non-hydrogen) atoms. The molecule has 308 valence electrons. The number of nitriles is 1. The number of fused-ring (bicyclic) bond motifs is 1. The van der Waals surface area contributed by atoms with Gasteiger partial charge in [0.2, 0.25) is 11.8 Å². The van der Waals surface area contributed by atoms with Crippen molar-refractivity contribution >= 4 is 52.5 Å². The lowest BCUT2D eigenvalue weighted by atomic mass is 9.49. The summed E-state index contributed by atoms with van der Waals surface area (Å²) in [6.07, 6.45) is 0.701. The van der Waals surface area contributed by atoms with Crippen molar-refractivity contribution in [2.45, 2.75) is 65.1 Å². The van der Waals surface area contributed by atoms with Crippen molar-refractivity contribution < 1.29 is 33.1 Å². The maximum Gasteiger partial charge on any atom is 0.262 e. The van der Waals surface area contributed by atoms with E-state index in [-0.39, 0.29) is 64.5 Å². The van der Waals surface area contributed by atoms with E-state index in [1.165, 1.54) is 6.07 Å². The van der Waals surface area contributed by atoms with Crippen LogP contribution in [0.15, 0.2) is 54.6 Å². The molecule has 0 aromatic heterocycles. The highest BCUT2D eigenvalue weighted by Crippen LogP contribution is 2.55. The number of carbonyl (C=O) groups excluding carboxylic acids is 5. The molecular formula is C44H47ClFN7O6. The van der Waals surface area contributed by atoms with Crippen LogP contribution in [-0.2, 0) is 9.59 Å². The Hall–Kier alpha value is -5.52. The molecule has 0 bridgehead atoms. The summed E-state index contributed by atoms with van der Waals surface area (Å²) in [6, 6.07) is 16.1. The quantitative estimate of drug-likeness (QED) is 0.282. The highest BCUT2D eigenvalue weighted by atomic mass is 35.5.